The van der Waals surface area contributed by atoms with Gasteiger partial charge in [-0.15, -0.1) is 22.7 Å². The molecule has 0 radical (unpaired) electrons. The summed E-state index contributed by atoms with van der Waals surface area (Å²) in [6, 6.07) is 187. The molecular weight excluding hydrogens is 1730 g/mol. The first-order valence-corrected chi connectivity index (χ1v) is 49.6. The first kappa shape index (κ1) is 80.7. The van der Waals surface area contributed by atoms with Crippen molar-refractivity contribution in [1.82, 2.24) is 9.13 Å². The van der Waals surface area contributed by atoms with Crippen LogP contribution in [0.5, 0.6) is 0 Å². The van der Waals surface area contributed by atoms with Crippen LogP contribution in [0.3, 0.4) is 0 Å². The maximum Gasteiger partial charge on any atom is 0.135 e. The highest BCUT2D eigenvalue weighted by Crippen LogP contribution is 2.64. The molecule has 27 aromatic rings. The van der Waals surface area contributed by atoms with Gasteiger partial charge >= 0.3 is 0 Å². The van der Waals surface area contributed by atoms with Crippen LogP contribution in [0, 0.1) is 0 Å². The van der Waals surface area contributed by atoms with Crippen molar-refractivity contribution in [3.05, 3.63) is 532 Å². The number of aromatic nitrogens is 2. The molecular formula is C133H84N4OS2. The molecule has 22 aromatic carbocycles. The zero-order valence-electron chi connectivity index (χ0n) is 76.0. The summed E-state index contributed by atoms with van der Waals surface area (Å²) in [5.74, 6) is 0. The third-order valence-electron chi connectivity index (χ3n) is 29.2. The molecule has 0 bridgehead atoms. The van der Waals surface area contributed by atoms with E-state index in [4.69, 9.17) is 4.42 Å². The maximum absolute atomic E-state index is 6.36. The van der Waals surface area contributed by atoms with E-state index in [1.807, 2.05) is 28.7 Å². The highest BCUT2D eigenvalue weighted by Gasteiger charge is 2.52. The van der Waals surface area contributed by atoms with Crippen molar-refractivity contribution < 1.29 is 4.42 Å². The number of benzene rings is 22. The van der Waals surface area contributed by atoms with Crippen LogP contribution in [-0.2, 0) is 5.41 Å². The minimum atomic E-state index is -0.473. The first-order valence-electron chi connectivity index (χ1n) is 48.0. The van der Waals surface area contributed by atoms with Crippen LogP contribution in [0.1, 0.15) is 22.3 Å². The summed E-state index contributed by atoms with van der Waals surface area (Å²) in [7, 11) is 0. The molecule has 140 heavy (non-hydrogen) atoms. The zero-order chi connectivity index (χ0) is 92.0. The van der Waals surface area contributed by atoms with E-state index in [2.05, 4.69) is 522 Å². The molecule has 2 aliphatic rings. The van der Waals surface area contributed by atoms with Crippen molar-refractivity contribution in [2.45, 2.75) is 5.41 Å². The lowest BCUT2D eigenvalue weighted by molar-refractivity contribution is 0.669. The molecule has 0 aliphatic heterocycles. The molecule has 0 unspecified atom stereocenters. The first-order chi connectivity index (χ1) is 69.5. The van der Waals surface area contributed by atoms with Crippen LogP contribution in [0.15, 0.2) is 514 Å². The van der Waals surface area contributed by atoms with Gasteiger partial charge in [-0.05, 0) is 234 Å². The van der Waals surface area contributed by atoms with E-state index in [0.29, 0.717) is 0 Å². The van der Waals surface area contributed by atoms with E-state index in [0.717, 1.165) is 67.4 Å². The van der Waals surface area contributed by atoms with Crippen molar-refractivity contribution in [2.24, 2.45) is 0 Å². The fraction of sp³-hybridized carbons (Fsp3) is 0.00752. The second-order valence-electron chi connectivity index (χ2n) is 36.7. The van der Waals surface area contributed by atoms with Gasteiger partial charge in [-0.2, -0.15) is 0 Å². The van der Waals surface area contributed by atoms with Crippen LogP contribution in [0.4, 0.5) is 34.1 Å². The summed E-state index contributed by atoms with van der Waals surface area (Å²) >= 11 is 3.79. The third kappa shape index (κ3) is 12.8. The van der Waals surface area contributed by atoms with Gasteiger partial charge < -0.3 is 23.4 Å². The zero-order valence-corrected chi connectivity index (χ0v) is 77.6. The minimum absolute atomic E-state index is 0.473. The van der Waals surface area contributed by atoms with Crippen LogP contribution in [0.25, 0.3) is 206 Å². The average Bonchev–Trinajstić information content (AvgIpc) is 1.51. The van der Waals surface area contributed by atoms with Crippen molar-refractivity contribution in [3.8, 4) is 100 Å². The van der Waals surface area contributed by atoms with Gasteiger partial charge in [0.15, 0.2) is 0 Å². The molecule has 0 saturated carbocycles. The summed E-state index contributed by atoms with van der Waals surface area (Å²) in [6.45, 7) is 0. The number of rotatable bonds is 14. The number of anilines is 6. The molecule has 0 N–H and O–H groups in total. The summed E-state index contributed by atoms with van der Waals surface area (Å²) in [4.78, 5) is 4.85. The normalized spacial score (nSPS) is 12.3. The fourth-order valence-electron chi connectivity index (χ4n) is 23.1. The molecule has 1 spiro atoms. The minimum Gasteiger partial charge on any atom is -0.456 e. The van der Waals surface area contributed by atoms with E-state index in [9.17, 15) is 0 Å². The van der Waals surface area contributed by atoms with Crippen LogP contribution < -0.4 is 9.80 Å². The van der Waals surface area contributed by atoms with Gasteiger partial charge in [-0.3, -0.25) is 0 Å². The Morgan fingerprint density at radius 1 is 0.200 bits per heavy atom. The van der Waals surface area contributed by atoms with Gasteiger partial charge in [0.1, 0.15) is 11.2 Å². The van der Waals surface area contributed by atoms with Gasteiger partial charge in [-0.1, -0.05) is 370 Å². The average molecular weight is 1820 g/mol. The van der Waals surface area contributed by atoms with Crippen molar-refractivity contribution in [2.75, 3.05) is 9.80 Å². The van der Waals surface area contributed by atoms with Gasteiger partial charge in [0.25, 0.3) is 0 Å². The Labute approximate surface area is 817 Å². The highest BCUT2D eigenvalue weighted by atomic mass is 32.1. The van der Waals surface area contributed by atoms with Gasteiger partial charge in [0.2, 0.25) is 0 Å². The summed E-state index contributed by atoms with van der Waals surface area (Å²) in [5.41, 5.74) is 40.0. The maximum atomic E-state index is 6.36. The van der Waals surface area contributed by atoms with E-state index >= 15 is 0 Å². The highest BCUT2D eigenvalue weighted by molar-refractivity contribution is 7.27. The molecule has 5 aromatic heterocycles. The number of furan rings is 1. The summed E-state index contributed by atoms with van der Waals surface area (Å²) in [5, 5.41) is 12.3. The number of hydrogen-bond donors (Lipinski definition) is 0. The molecule has 0 saturated heterocycles. The Morgan fingerprint density at radius 2 is 0.586 bits per heavy atom. The van der Waals surface area contributed by atoms with Gasteiger partial charge in [0.05, 0.1) is 27.5 Å². The number of para-hydroxylation sites is 4. The van der Waals surface area contributed by atoms with Gasteiger partial charge in [0, 0.05) is 135 Å². The number of nitrogens with zero attached hydrogens (tertiary/aromatic N) is 4. The lowest BCUT2D eigenvalue weighted by atomic mass is 9.70. The Morgan fingerprint density at radius 3 is 1.14 bits per heavy atom. The standard InChI is InChI=1S/C73H44N2OS.C60H40N2S/c1-2-17-45(18-3-1)46-33-35-48(36-34-46)74(51-37-39-55-54-23-6-12-29-64(54)73(65(55)43-51)62-27-10-4-21-52(62)53-22-5-11-28-63(53)73)49-20-16-19-47(41-49)59-44-61-56-24-7-13-30-66(56)75(71(61)70-58-26-9-15-32-69(58)77-72(59)70)50-38-40-68-60(42-50)57-25-8-14-31-67(57)76-68;1-5-17-41(18-6-1)43-29-35-48(36-30-43)61(49-37-31-44(32-38-49)42-19-7-2-8-20-42)50-39-33-46(34-40-50)56-55(45-21-9-3-10-22-45)57-51-25-13-15-27-53(51)62(47-23-11-4-12-24-47)59(57)58-52-26-14-16-28-54(52)63-60(56)58/h1-44H;1-40H. The molecule has 5 nitrogen and oxygen atoms in total. The third-order valence-corrected chi connectivity index (χ3v) is 31.6. The second-order valence-corrected chi connectivity index (χ2v) is 38.8. The van der Waals surface area contributed by atoms with Gasteiger partial charge in [-0.25, -0.2) is 0 Å². The molecule has 0 amide bonds. The Balaban J connectivity index is 0.000000140. The lowest BCUT2D eigenvalue weighted by Gasteiger charge is -2.32. The van der Waals surface area contributed by atoms with Crippen LogP contribution >= 0.6 is 22.7 Å². The Hall–Kier alpha value is -17.7. The molecule has 5 heterocycles. The van der Waals surface area contributed by atoms with Crippen LogP contribution in [-0.4, -0.2) is 9.13 Å². The predicted octanol–water partition coefficient (Wildman–Crippen LogP) is 37.5. The fourth-order valence-corrected chi connectivity index (χ4v) is 25.6. The molecule has 2 aliphatic carbocycles. The van der Waals surface area contributed by atoms with E-state index in [1.165, 1.54) is 195 Å². The lowest BCUT2D eigenvalue weighted by Crippen LogP contribution is -2.26. The smallest absolute Gasteiger partial charge is 0.135 e. The van der Waals surface area contributed by atoms with Crippen molar-refractivity contribution >= 4 is 163 Å². The molecule has 0 atom stereocenters. The van der Waals surface area contributed by atoms with E-state index in [1.54, 1.807) is 0 Å². The topological polar surface area (TPSA) is 29.5 Å². The number of fused-ring (bicyclic) bond motifs is 27. The van der Waals surface area contributed by atoms with E-state index in [-0.39, 0.29) is 0 Å². The number of thiophene rings is 2. The van der Waals surface area contributed by atoms with Crippen LogP contribution in [0.2, 0.25) is 0 Å². The molecule has 7 heteroatoms. The number of hydrogen-bond acceptors (Lipinski definition) is 5. The Kier molecular flexibility index (Phi) is 18.9. The van der Waals surface area contributed by atoms with E-state index < -0.39 is 5.41 Å². The molecule has 654 valence electrons. The predicted molar refractivity (Wildman–Crippen MR) is 593 cm³/mol. The van der Waals surface area contributed by atoms with Crippen molar-refractivity contribution in [1.29, 1.82) is 0 Å². The molecule has 0 fully saturated rings. The quantitative estimate of drug-likeness (QED) is 0.109. The largest absolute Gasteiger partial charge is 0.456 e. The monoisotopic (exact) mass is 1820 g/mol. The summed E-state index contributed by atoms with van der Waals surface area (Å²) in [6.07, 6.45) is 0. The van der Waals surface area contributed by atoms with Crippen molar-refractivity contribution in [3.63, 3.8) is 0 Å². The SMILES string of the molecule is c1ccc(-c2ccc(N(c3ccc(-c4ccccc4)cc3)c3ccc(-c4c(-c5ccccc5)c5c6ccccc6n(-c6ccccc6)c5c5c4sc4ccccc45)cc3)cc2)cc1.c1ccc(-c2ccc(N(c3cccc(-c4cc5c6ccccc6n(-c6ccc7oc8ccccc8c7c6)c5c5c4sc4ccccc45)c3)c3ccc4c(c3)C3(c5ccccc5-c5ccccc53)c3ccccc3-4)cc2)cc1. The Bertz CT molecular complexity index is 9450. The molecule has 29 rings (SSSR count). The summed E-state index contributed by atoms with van der Waals surface area (Å²) < 4.78 is 16.5. The second kappa shape index (κ2) is 32.8.